The third-order valence-corrected chi connectivity index (χ3v) is 2.76. The van der Waals surface area contributed by atoms with Gasteiger partial charge in [0.2, 0.25) is 0 Å². The molecule has 0 aliphatic heterocycles. The average Bonchev–Trinajstić information content (AvgIpc) is 2.36. The van der Waals surface area contributed by atoms with E-state index in [9.17, 15) is 22.4 Å². The van der Waals surface area contributed by atoms with E-state index in [0.29, 0.717) is 6.07 Å². The summed E-state index contributed by atoms with van der Waals surface area (Å²) < 4.78 is 50.7. The zero-order valence-corrected chi connectivity index (χ0v) is 11.1. The van der Waals surface area contributed by atoms with Crippen molar-refractivity contribution in [3.8, 4) is 0 Å². The minimum Gasteiger partial charge on any atom is -0.477 e. The van der Waals surface area contributed by atoms with Crippen molar-refractivity contribution in [2.45, 2.75) is 32.1 Å². The summed E-state index contributed by atoms with van der Waals surface area (Å²) in [5.41, 5.74) is -1.62. The quantitative estimate of drug-likeness (QED) is 0.559. The third-order valence-electron chi connectivity index (χ3n) is 2.76. The zero-order chi connectivity index (χ0) is 16.2. The lowest BCUT2D eigenvalue weighted by molar-refractivity contribution is -0.140. The third kappa shape index (κ3) is 5.14. The topological polar surface area (TPSA) is 73.2 Å². The number of aliphatic carboxylic acids is 1. The lowest BCUT2D eigenvalue weighted by atomic mass is 10.1. The van der Waals surface area contributed by atoms with Crippen LogP contribution in [0, 0.1) is 11.2 Å². The Hall–Kier alpha value is -1.96. The van der Waals surface area contributed by atoms with Gasteiger partial charge in [-0.2, -0.15) is 13.2 Å². The van der Waals surface area contributed by atoms with Crippen LogP contribution in [0.15, 0.2) is 18.2 Å². The highest BCUT2D eigenvalue weighted by Gasteiger charge is 2.34. The highest BCUT2D eigenvalue weighted by molar-refractivity contribution is 6.34. The van der Waals surface area contributed by atoms with Crippen LogP contribution in [0.5, 0.6) is 0 Å². The molecule has 0 heterocycles. The summed E-state index contributed by atoms with van der Waals surface area (Å²) in [6.07, 6.45) is -4.83. The molecule has 0 fully saturated rings. The maximum atomic E-state index is 13.1. The van der Waals surface area contributed by atoms with Crippen molar-refractivity contribution in [3.05, 3.63) is 35.1 Å². The largest absolute Gasteiger partial charge is 0.477 e. The fourth-order valence-electron chi connectivity index (χ4n) is 1.66. The summed E-state index contributed by atoms with van der Waals surface area (Å²) in [7, 11) is 0. The molecular formula is C13H14F4N2O2. The van der Waals surface area contributed by atoms with Crippen LogP contribution in [0.3, 0.4) is 0 Å². The van der Waals surface area contributed by atoms with Gasteiger partial charge in [0.25, 0.3) is 0 Å². The first-order chi connectivity index (χ1) is 9.61. The molecule has 0 spiro atoms. The molecule has 1 aromatic carbocycles. The first-order valence-electron chi connectivity index (χ1n) is 6.01. The Morgan fingerprint density at radius 3 is 2.57 bits per heavy atom. The molecule has 0 aromatic heterocycles. The van der Waals surface area contributed by atoms with E-state index in [0.717, 1.165) is 6.07 Å². The smallest absolute Gasteiger partial charge is 0.419 e. The van der Waals surface area contributed by atoms with E-state index in [4.69, 9.17) is 10.5 Å². The van der Waals surface area contributed by atoms with Crippen molar-refractivity contribution in [1.82, 2.24) is 5.32 Å². The van der Waals surface area contributed by atoms with Gasteiger partial charge < -0.3 is 10.4 Å². The molecule has 0 saturated carbocycles. The van der Waals surface area contributed by atoms with Crippen molar-refractivity contribution in [2.24, 2.45) is 0 Å². The van der Waals surface area contributed by atoms with Gasteiger partial charge >= 0.3 is 12.1 Å². The number of carboxylic acids is 1. The second-order valence-electron chi connectivity index (χ2n) is 4.58. The van der Waals surface area contributed by atoms with Gasteiger partial charge in [0.1, 0.15) is 11.5 Å². The lowest BCUT2D eigenvalue weighted by Gasteiger charge is -2.14. The molecule has 0 saturated heterocycles. The van der Waals surface area contributed by atoms with Crippen molar-refractivity contribution in [2.75, 3.05) is 0 Å². The maximum Gasteiger partial charge on any atom is 0.419 e. The van der Waals surface area contributed by atoms with Gasteiger partial charge in [-0.05, 0) is 24.6 Å². The Morgan fingerprint density at radius 2 is 2.05 bits per heavy atom. The summed E-state index contributed by atoms with van der Waals surface area (Å²) in [5.74, 6) is -2.68. The van der Waals surface area contributed by atoms with Crippen LogP contribution < -0.4 is 5.32 Å². The second-order valence-corrected chi connectivity index (χ2v) is 4.58. The van der Waals surface area contributed by atoms with E-state index >= 15 is 0 Å². The summed E-state index contributed by atoms with van der Waals surface area (Å²) in [6, 6.07) is 2.25. The van der Waals surface area contributed by atoms with Crippen LogP contribution in [0.25, 0.3) is 0 Å². The molecule has 21 heavy (non-hydrogen) atoms. The van der Waals surface area contributed by atoms with E-state index in [1.54, 1.807) is 6.92 Å². The van der Waals surface area contributed by atoms with Gasteiger partial charge in [0.15, 0.2) is 0 Å². The molecule has 4 nitrogen and oxygen atoms in total. The number of alkyl halides is 3. The average molecular weight is 306 g/mol. The molecule has 116 valence electrons. The molecule has 0 bridgehead atoms. The highest BCUT2D eigenvalue weighted by Crippen LogP contribution is 2.31. The molecular weight excluding hydrogens is 292 g/mol. The molecule has 1 rings (SSSR count). The highest BCUT2D eigenvalue weighted by atomic mass is 19.4. The first kappa shape index (κ1) is 17.1. The monoisotopic (exact) mass is 306 g/mol. The van der Waals surface area contributed by atoms with E-state index in [1.807, 2.05) is 0 Å². The molecule has 0 aliphatic carbocycles. The predicted molar refractivity (Wildman–Crippen MR) is 67.7 cm³/mol. The van der Waals surface area contributed by atoms with Crippen LogP contribution >= 0.6 is 0 Å². The number of benzene rings is 1. The van der Waals surface area contributed by atoms with Gasteiger partial charge in [-0.15, -0.1) is 0 Å². The van der Waals surface area contributed by atoms with Crippen LogP contribution in [0.4, 0.5) is 17.6 Å². The maximum absolute atomic E-state index is 13.1. The number of carbonyl (C=O) groups is 1. The van der Waals surface area contributed by atoms with Gasteiger partial charge in [-0.25, -0.2) is 9.18 Å². The molecule has 0 aliphatic rings. The van der Waals surface area contributed by atoms with E-state index < -0.39 is 35.3 Å². The Bertz CT molecular complexity index is 543. The summed E-state index contributed by atoms with van der Waals surface area (Å²) in [4.78, 5) is 10.5. The molecule has 1 unspecified atom stereocenters. The van der Waals surface area contributed by atoms with E-state index in [2.05, 4.69) is 5.32 Å². The summed E-state index contributed by atoms with van der Waals surface area (Å²) in [5, 5.41) is 18.5. The fraction of sp³-hybridized carbons (Fsp3) is 0.385. The Balaban J connectivity index is 2.68. The number of hydrogen-bond donors (Lipinski definition) is 3. The van der Waals surface area contributed by atoms with Crippen molar-refractivity contribution in [1.29, 1.82) is 5.41 Å². The van der Waals surface area contributed by atoms with Crippen LogP contribution in [0.1, 0.15) is 24.5 Å². The van der Waals surface area contributed by atoms with Gasteiger partial charge in [-0.1, -0.05) is 6.07 Å². The molecule has 1 aromatic rings. The number of halogens is 4. The Morgan fingerprint density at radius 1 is 1.43 bits per heavy atom. The molecule has 0 radical (unpaired) electrons. The Kier molecular flexibility index (Phi) is 5.42. The standard InChI is InChI=1S/C13H14F4N2O2/c1-7(4-11(18)12(20)21)19-6-8-2-3-10(14)9(5-8)13(15,16)17/h2-3,5,7,18-19H,4,6H2,1H3,(H,20,21). The summed E-state index contributed by atoms with van der Waals surface area (Å²) in [6.45, 7) is 1.61. The molecule has 8 heteroatoms. The predicted octanol–water partition coefficient (Wildman–Crippen LogP) is 2.82. The lowest BCUT2D eigenvalue weighted by Crippen LogP contribution is -2.30. The fourth-order valence-corrected chi connectivity index (χ4v) is 1.66. The second kappa shape index (κ2) is 6.66. The molecule has 1 atom stereocenters. The minimum absolute atomic E-state index is 0.0113. The van der Waals surface area contributed by atoms with Gasteiger partial charge in [-0.3, -0.25) is 5.41 Å². The number of hydrogen-bond acceptors (Lipinski definition) is 3. The van der Waals surface area contributed by atoms with Crippen LogP contribution in [-0.2, 0) is 17.5 Å². The van der Waals surface area contributed by atoms with Crippen molar-refractivity contribution in [3.63, 3.8) is 0 Å². The number of nitrogens with one attached hydrogen (secondary N) is 2. The zero-order valence-electron chi connectivity index (χ0n) is 11.1. The van der Waals surface area contributed by atoms with Crippen LogP contribution in [0.2, 0.25) is 0 Å². The van der Waals surface area contributed by atoms with Gasteiger partial charge in [0.05, 0.1) is 5.56 Å². The van der Waals surface area contributed by atoms with E-state index in [1.165, 1.54) is 6.07 Å². The number of rotatable bonds is 6. The van der Waals surface area contributed by atoms with Crippen molar-refractivity contribution < 1.29 is 27.5 Å². The molecule has 0 amide bonds. The van der Waals surface area contributed by atoms with Crippen LogP contribution in [-0.4, -0.2) is 22.8 Å². The number of carboxylic acid groups (broad SMARTS) is 1. The van der Waals surface area contributed by atoms with Crippen molar-refractivity contribution >= 4 is 11.7 Å². The normalized spacial score (nSPS) is 13.0. The SMILES string of the molecule is CC(CC(=N)C(=O)O)NCc1ccc(F)c(C(F)(F)F)c1. The Labute approximate surface area is 118 Å². The minimum atomic E-state index is -4.77. The summed E-state index contributed by atoms with van der Waals surface area (Å²) >= 11 is 0. The molecule has 3 N–H and O–H groups in total. The van der Waals surface area contributed by atoms with E-state index in [-0.39, 0.29) is 18.5 Å². The van der Waals surface area contributed by atoms with Gasteiger partial charge in [0, 0.05) is 19.0 Å². The first-order valence-corrected chi connectivity index (χ1v) is 6.01.